The lowest BCUT2D eigenvalue weighted by atomic mass is 10.3. The summed E-state index contributed by atoms with van der Waals surface area (Å²) >= 11 is 3.04. The number of anilines is 2. The smallest absolute Gasteiger partial charge is 0.356 e. The van der Waals surface area contributed by atoms with Crippen LogP contribution in [0.5, 0.6) is 0 Å². The molecular formula is C13H11N5O2S2. The number of rotatable bonds is 4. The van der Waals surface area contributed by atoms with E-state index in [0.29, 0.717) is 10.9 Å². The molecular weight excluding hydrogens is 322 g/mol. The molecule has 0 saturated carbocycles. The maximum atomic E-state index is 10.7. The lowest BCUT2D eigenvalue weighted by Gasteiger charge is -2.00. The molecule has 0 fully saturated rings. The van der Waals surface area contributed by atoms with Gasteiger partial charge in [-0.3, -0.25) is 0 Å². The summed E-state index contributed by atoms with van der Waals surface area (Å²) in [7, 11) is 0. The number of carboxylic acids is 1. The Kier molecular flexibility index (Phi) is 3.82. The average Bonchev–Trinajstić information content (AvgIpc) is 3.06. The first-order valence-corrected chi connectivity index (χ1v) is 7.96. The second-order valence-electron chi connectivity index (χ2n) is 4.42. The van der Waals surface area contributed by atoms with E-state index in [1.54, 1.807) is 17.4 Å². The molecule has 3 aromatic heterocycles. The molecule has 0 aliphatic rings. The lowest BCUT2D eigenvalue weighted by Crippen LogP contribution is -2.03. The molecule has 0 aliphatic carbocycles. The van der Waals surface area contributed by atoms with E-state index in [1.165, 1.54) is 17.4 Å². The zero-order valence-electron chi connectivity index (χ0n) is 11.7. The van der Waals surface area contributed by atoms with Gasteiger partial charge in [0.1, 0.15) is 0 Å². The van der Waals surface area contributed by atoms with Crippen LogP contribution >= 0.6 is 22.7 Å². The summed E-state index contributed by atoms with van der Waals surface area (Å²) in [5, 5.41) is 22.8. The Balaban J connectivity index is 1.79. The minimum absolute atomic E-state index is 0.0962. The van der Waals surface area contributed by atoms with Gasteiger partial charge in [-0.05, 0) is 26.0 Å². The number of nitrogens with one attached hydrogen (secondary N) is 1. The number of carboxylic acid groups (broad SMARTS) is 1. The third-order valence-corrected chi connectivity index (χ3v) is 4.61. The maximum absolute atomic E-state index is 10.7. The summed E-state index contributed by atoms with van der Waals surface area (Å²) in [5.74, 6) is -0.658. The van der Waals surface area contributed by atoms with Crippen molar-refractivity contribution in [1.29, 1.82) is 0 Å². The molecule has 0 radical (unpaired) electrons. The van der Waals surface area contributed by atoms with Gasteiger partial charge in [0.05, 0.1) is 21.3 Å². The highest BCUT2D eigenvalue weighted by molar-refractivity contribution is 7.16. The normalized spacial score (nSPS) is 10.6. The molecule has 3 heterocycles. The molecule has 2 N–H and O–H groups in total. The van der Waals surface area contributed by atoms with Crippen LogP contribution in [-0.4, -0.2) is 31.2 Å². The minimum atomic E-state index is -1.10. The third-order valence-electron chi connectivity index (χ3n) is 2.76. The first kappa shape index (κ1) is 14.5. The summed E-state index contributed by atoms with van der Waals surface area (Å²) in [6.07, 6.45) is 0. The van der Waals surface area contributed by atoms with Crippen molar-refractivity contribution in [3.05, 3.63) is 33.9 Å². The topological polar surface area (TPSA) is 101 Å². The average molecular weight is 333 g/mol. The summed E-state index contributed by atoms with van der Waals surface area (Å²) in [4.78, 5) is 20.7. The third kappa shape index (κ3) is 2.95. The van der Waals surface area contributed by atoms with Crippen molar-refractivity contribution in [2.75, 3.05) is 5.32 Å². The van der Waals surface area contributed by atoms with Gasteiger partial charge < -0.3 is 10.4 Å². The van der Waals surface area contributed by atoms with Crippen LogP contribution < -0.4 is 5.32 Å². The summed E-state index contributed by atoms with van der Waals surface area (Å²) in [6.45, 7) is 3.92. The second-order valence-corrected chi connectivity index (χ2v) is 6.48. The Morgan fingerprint density at radius 2 is 2.05 bits per heavy atom. The number of carbonyl (C=O) groups is 1. The van der Waals surface area contributed by atoms with Gasteiger partial charge in [-0.2, -0.15) is 0 Å². The van der Waals surface area contributed by atoms with E-state index >= 15 is 0 Å². The molecule has 22 heavy (non-hydrogen) atoms. The molecule has 3 rings (SSSR count). The molecule has 112 valence electrons. The van der Waals surface area contributed by atoms with E-state index in [4.69, 9.17) is 5.11 Å². The van der Waals surface area contributed by atoms with E-state index in [1.807, 2.05) is 19.2 Å². The number of nitrogens with zero attached hydrogens (tertiary/aromatic N) is 4. The predicted octanol–water partition coefficient (Wildman–Crippen LogP) is 3.12. The van der Waals surface area contributed by atoms with Gasteiger partial charge in [-0.15, -0.1) is 32.9 Å². The molecule has 0 bridgehead atoms. The van der Waals surface area contributed by atoms with Crippen LogP contribution in [0.2, 0.25) is 0 Å². The number of aromatic carboxylic acids is 1. The second kappa shape index (κ2) is 5.78. The lowest BCUT2D eigenvalue weighted by molar-refractivity contribution is 0.0689. The molecule has 0 amide bonds. The van der Waals surface area contributed by atoms with Crippen molar-refractivity contribution in [1.82, 2.24) is 20.2 Å². The first-order chi connectivity index (χ1) is 10.5. The van der Waals surface area contributed by atoms with Crippen LogP contribution in [0, 0.1) is 13.8 Å². The molecule has 7 nitrogen and oxygen atoms in total. The predicted molar refractivity (Wildman–Crippen MR) is 85.0 cm³/mol. The van der Waals surface area contributed by atoms with Gasteiger partial charge in [0.2, 0.25) is 0 Å². The van der Waals surface area contributed by atoms with Gasteiger partial charge in [0.15, 0.2) is 16.6 Å². The Hall–Kier alpha value is -2.39. The maximum Gasteiger partial charge on any atom is 0.356 e. The molecule has 0 atom stereocenters. The molecule has 0 saturated heterocycles. The molecule has 0 aliphatic heterocycles. The Morgan fingerprint density at radius 3 is 2.64 bits per heavy atom. The van der Waals surface area contributed by atoms with Gasteiger partial charge in [-0.1, -0.05) is 0 Å². The van der Waals surface area contributed by atoms with Crippen molar-refractivity contribution >= 4 is 39.6 Å². The number of hydrogen-bond donors (Lipinski definition) is 2. The zero-order valence-corrected chi connectivity index (χ0v) is 13.3. The van der Waals surface area contributed by atoms with Crippen LogP contribution in [0.4, 0.5) is 10.9 Å². The van der Waals surface area contributed by atoms with E-state index in [2.05, 4.69) is 25.5 Å². The van der Waals surface area contributed by atoms with Crippen molar-refractivity contribution in [2.45, 2.75) is 13.8 Å². The molecule has 0 aromatic carbocycles. The van der Waals surface area contributed by atoms with Gasteiger partial charge in [0.25, 0.3) is 0 Å². The number of thiazole rings is 2. The van der Waals surface area contributed by atoms with E-state index in [-0.39, 0.29) is 5.69 Å². The monoisotopic (exact) mass is 333 g/mol. The summed E-state index contributed by atoms with van der Waals surface area (Å²) in [5.41, 5.74) is 1.73. The zero-order chi connectivity index (χ0) is 15.7. The van der Waals surface area contributed by atoms with Crippen LogP contribution in [0.1, 0.15) is 21.2 Å². The Bertz CT molecular complexity index is 825. The van der Waals surface area contributed by atoms with E-state index in [9.17, 15) is 4.79 Å². The van der Waals surface area contributed by atoms with Crippen LogP contribution in [0.3, 0.4) is 0 Å². The van der Waals surface area contributed by atoms with E-state index in [0.717, 1.165) is 21.3 Å². The fourth-order valence-electron chi connectivity index (χ4n) is 1.83. The molecule has 9 heteroatoms. The number of hydrogen-bond acceptors (Lipinski definition) is 8. The van der Waals surface area contributed by atoms with Crippen molar-refractivity contribution in [2.24, 2.45) is 0 Å². The van der Waals surface area contributed by atoms with Gasteiger partial charge in [-0.25, -0.2) is 14.8 Å². The molecule has 0 spiro atoms. The van der Waals surface area contributed by atoms with Crippen LogP contribution in [0.15, 0.2) is 17.5 Å². The fraction of sp³-hybridized carbons (Fsp3) is 0.154. The Labute approximate surface area is 133 Å². The SMILES string of the molecule is Cc1nc(C)c(-c2csc(Nc3ccc(C(=O)O)nn3)n2)s1. The van der Waals surface area contributed by atoms with Crippen LogP contribution in [-0.2, 0) is 0 Å². The molecule has 0 unspecified atom stereocenters. The van der Waals surface area contributed by atoms with Gasteiger partial charge in [0, 0.05) is 5.38 Å². The van der Waals surface area contributed by atoms with Crippen LogP contribution in [0.25, 0.3) is 10.6 Å². The summed E-state index contributed by atoms with van der Waals surface area (Å²) in [6, 6.07) is 2.95. The Morgan fingerprint density at radius 1 is 1.23 bits per heavy atom. The molecule has 3 aromatic rings. The highest BCUT2D eigenvalue weighted by atomic mass is 32.1. The highest BCUT2D eigenvalue weighted by Gasteiger charge is 2.12. The largest absolute Gasteiger partial charge is 0.476 e. The first-order valence-electron chi connectivity index (χ1n) is 6.27. The number of aromatic nitrogens is 4. The summed E-state index contributed by atoms with van der Waals surface area (Å²) < 4.78 is 0. The minimum Gasteiger partial charge on any atom is -0.476 e. The van der Waals surface area contributed by atoms with E-state index < -0.39 is 5.97 Å². The highest BCUT2D eigenvalue weighted by Crippen LogP contribution is 2.32. The van der Waals surface area contributed by atoms with Crippen molar-refractivity contribution in [3.8, 4) is 10.6 Å². The van der Waals surface area contributed by atoms with Gasteiger partial charge >= 0.3 is 5.97 Å². The van der Waals surface area contributed by atoms with Crippen molar-refractivity contribution in [3.63, 3.8) is 0 Å². The van der Waals surface area contributed by atoms with Crippen molar-refractivity contribution < 1.29 is 9.90 Å². The standard InChI is InChI=1S/C13H11N5O2S2/c1-6-11(22-7(2)14-6)9-5-21-13(15-9)16-10-4-3-8(12(19)20)17-18-10/h3-5H,1-2H3,(H,19,20)(H,15,16,18). The quantitative estimate of drug-likeness (QED) is 0.756. The fourth-order valence-corrected chi connectivity index (χ4v) is 3.49. The number of aryl methyl sites for hydroxylation is 2.